The maximum atomic E-state index is 13.4. The molecule has 1 heterocycles. The number of hydrogen-bond acceptors (Lipinski definition) is 4. The van der Waals surface area contributed by atoms with Crippen molar-refractivity contribution in [2.24, 2.45) is 0 Å². The highest BCUT2D eigenvalue weighted by Gasteiger charge is 2.51. The van der Waals surface area contributed by atoms with Crippen LogP contribution in [0.1, 0.15) is 23.6 Å². The fourth-order valence-electron chi connectivity index (χ4n) is 3.85. The molecule has 31 heavy (non-hydrogen) atoms. The number of benzene rings is 3. The third-order valence-electron chi connectivity index (χ3n) is 5.37. The van der Waals surface area contributed by atoms with Gasteiger partial charge in [0.15, 0.2) is 5.60 Å². The first kappa shape index (κ1) is 20.6. The molecule has 1 unspecified atom stereocenters. The van der Waals surface area contributed by atoms with Crippen LogP contribution < -0.4 is 15.0 Å². The van der Waals surface area contributed by atoms with Crippen LogP contribution in [0.2, 0.25) is 0 Å². The number of ether oxygens (including phenoxy) is 1. The van der Waals surface area contributed by atoms with Crippen LogP contribution in [0.4, 0.5) is 11.4 Å². The van der Waals surface area contributed by atoms with E-state index in [9.17, 15) is 14.7 Å². The Morgan fingerprint density at radius 2 is 1.71 bits per heavy atom. The Morgan fingerprint density at radius 1 is 1.03 bits per heavy atom. The summed E-state index contributed by atoms with van der Waals surface area (Å²) >= 11 is 0. The van der Waals surface area contributed by atoms with E-state index in [0.717, 1.165) is 5.56 Å². The normalized spacial score (nSPS) is 17.4. The Balaban J connectivity index is 1.63. The molecule has 2 N–H and O–H groups in total. The summed E-state index contributed by atoms with van der Waals surface area (Å²) in [6.45, 7) is 4.04. The Kier molecular flexibility index (Phi) is 5.48. The van der Waals surface area contributed by atoms with Gasteiger partial charge in [-0.15, -0.1) is 0 Å². The molecule has 0 saturated carbocycles. The molecular formula is C25H24N2O4. The number of fused-ring (bicyclic) bond motifs is 1. The third kappa shape index (κ3) is 3.66. The maximum absolute atomic E-state index is 13.4. The number of para-hydroxylation sites is 3. The van der Waals surface area contributed by atoms with Crippen molar-refractivity contribution >= 4 is 23.2 Å². The molecule has 0 spiro atoms. The van der Waals surface area contributed by atoms with Gasteiger partial charge in [0.2, 0.25) is 5.91 Å². The van der Waals surface area contributed by atoms with Crippen molar-refractivity contribution in [2.45, 2.75) is 19.4 Å². The van der Waals surface area contributed by atoms with Crippen LogP contribution in [0.3, 0.4) is 0 Å². The average molecular weight is 416 g/mol. The number of hydrogen-bond donors (Lipinski definition) is 2. The smallest absolute Gasteiger partial charge is 0.268 e. The molecule has 0 aromatic heterocycles. The molecule has 3 aromatic rings. The number of rotatable bonds is 6. The summed E-state index contributed by atoms with van der Waals surface area (Å²) in [5.74, 6) is -0.378. The predicted molar refractivity (Wildman–Crippen MR) is 119 cm³/mol. The fourth-order valence-corrected chi connectivity index (χ4v) is 3.85. The molecule has 1 atom stereocenters. The van der Waals surface area contributed by atoms with Crippen molar-refractivity contribution in [2.75, 3.05) is 23.4 Å². The fraction of sp³-hybridized carbons (Fsp3) is 0.200. The Labute approximate surface area is 181 Å². The summed E-state index contributed by atoms with van der Waals surface area (Å²) in [6.07, 6.45) is 0. The zero-order valence-electron chi connectivity index (χ0n) is 17.5. The van der Waals surface area contributed by atoms with Gasteiger partial charge in [-0.2, -0.15) is 0 Å². The van der Waals surface area contributed by atoms with E-state index in [1.807, 2.05) is 32.0 Å². The van der Waals surface area contributed by atoms with E-state index in [-0.39, 0.29) is 12.5 Å². The highest BCUT2D eigenvalue weighted by atomic mass is 16.5. The van der Waals surface area contributed by atoms with Gasteiger partial charge in [0, 0.05) is 5.56 Å². The summed E-state index contributed by atoms with van der Waals surface area (Å²) in [5.41, 5.74) is 1.17. The number of anilines is 2. The second kappa shape index (κ2) is 8.24. The third-order valence-corrected chi connectivity index (χ3v) is 5.37. The number of amides is 2. The summed E-state index contributed by atoms with van der Waals surface area (Å²) in [4.78, 5) is 27.6. The molecule has 0 saturated heterocycles. The molecule has 6 heteroatoms. The van der Waals surface area contributed by atoms with Crippen LogP contribution in [0, 0.1) is 6.92 Å². The highest BCUT2D eigenvalue weighted by molar-refractivity contribution is 6.12. The standard InChI is InChI=1S/C25H24N2O4/c1-3-31-22-11-7-5-9-20(22)26-23(28)16-27-21-10-6-4-8-19(21)25(30,24(27)29)18-14-12-17(2)13-15-18/h4-15,30H,3,16H2,1-2H3,(H,26,28). The highest BCUT2D eigenvalue weighted by Crippen LogP contribution is 2.44. The van der Waals surface area contributed by atoms with Gasteiger partial charge in [-0.3, -0.25) is 14.5 Å². The van der Waals surface area contributed by atoms with E-state index >= 15 is 0 Å². The van der Waals surface area contributed by atoms with Crippen LogP contribution in [0.15, 0.2) is 72.8 Å². The van der Waals surface area contributed by atoms with Gasteiger partial charge in [-0.1, -0.05) is 60.2 Å². The molecule has 0 radical (unpaired) electrons. The molecule has 6 nitrogen and oxygen atoms in total. The van der Waals surface area contributed by atoms with Crippen molar-refractivity contribution in [1.82, 2.24) is 0 Å². The van der Waals surface area contributed by atoms with Crippen molar-refractivity contribution in [3.8, 4) is 5.75 Å². The van der Waals surface area contributed by atoms with Gasteiger partial charge in [0.25, 0.3) is 5.91 Å². The van der Waals surface area contributed by atoms with Crippen LogP contribution in [0.25, 0.3) is 0 Å². The first-order valence-corrected chi connectivity index (χ1v) is 10.2. The lowest BCUT2D eigenvalue weighted by molar-refractivity contribution is -0.133. The number of nitrogens with one attached hydrogen (secondary N) is 1. The minimum absolute atomic E-state index is 0.232. The van der Waals surface area contributed by atoms with Gasteiger partial charge in [-0.05, 0) is 37.6 Å². The summed E-state index contributed by atoms with van der Waals surface area (Å²) in [6, 6.07) is 21.3. The Bertz CT molecular complexity index is 1130. The summed E-state index contributed by atoms with van der Waals surface area (Å²) < 4.78 is 5.55. The quantitative estimate of drug-likeness (QED) is 0.643. The number of carbonyl (C=O) groups excluding carboxylic acids is 2. The van der Waals surface area contributed by atoms with Crippen molar-refractivity contribution in [3.63, 3.8) is 0 Å². The van der Waals surface area contributed by atoms with E-state index in [1.54, 1.807) is 54.6 Å². The molecule has 4 rings (SSSR count). The molecule has 3 aromatic carbocycles. The molecule has 0 fully saturated rings. The zero-order valence-corrected chi connectivity index (χ0v) is 17.5. The largest absolute Gasteiger partial charge is 0.492 e. The van der Waals surface area contributed by atoms with Crippen molar-refractivity contribution in [1.29, 1.82) is 0 Å². The molecule has 1 aliphatic rings. The second-order valence-electron chi connectivity index (χ2n) is 7.46. The monoisotopic (exact) mass is 416 g/mol. The van der Waals surface area contributed by atoms with E-state index in [0.29, 0.717) is 34.9 Å². The number of carbonyl (C=O) groups is 2. The van der Waals surface area contributed by atoms with Gasteiger partial charge in [0.05, 0.1) is 18.0 Å². The topological polar surface area (TPSA) is 78.9 Å². The first-order chi connectivity index (χ1) is 14.9. The SMILES string of the molecule is CCOc1ccccc1NC(=O)CN1C(=O)C(O)(c2ccc(C)cc2)c2ccccc21. The van der Waals surface area contributed by atoms with E-state index in [4.69, 9.17) is 4.74 Å². The van der Waals surface area contributed by atoms with Crippen LogP contribution in [-0.4, -0.2) is 30.1 Å². The number of nitrogens with zero attached hydrogens (tertiary/aromatic N) is 1. The number of aliphatic hydroxyl groups is 1. The molecule has 0 bridgehead atoms. The Morgan fingerprint density at radius 3 is 2.45 bits per heavy atom. The molecular weight excluding hydrogens is 392 g/mol. The lowest BCUT2D eigenvalue weighted by Gasteiger charge is -2.24. The minimum atomic E-state index is -1.84. The van der Waals surface area contributed by atoms with E-state index in [2.05, 4.69) is 5.32 Å². The van der Waals surface area contributed by atoms with Gasteiger partial charge in [0.1, 0.15) is 12.3 Å². The van der Waals surface area contributed by atoms with Crippen LogP contribution >= 0.6 is 0 Å². The van der Waals surface area contributed by atoms with Crippen molar-refractivity contribution in [3.05, 3.63) is 89.5 Å². The summed E-state index contributed by atoms with van der Waals surface area (Å²) in [5, 5.41) is 14.3. The number of aryl methyl sites for hydroxylation is 1. The molecule has 0 aliphatic carbocycles. The van der Waals surface area contributed by atoms with Gasteiger partial charge < -0.3 is 15.2 Å². The summed E-state index contributed by atoms with van der Waals surface area (Å²) in [7, 11) is 0. The van der Waals surface area contributed by atoms with Gasteiger partial charge >= 0.3 is 0 Å². The average Bonchev–Trinajstić information content (AvgIpc) is 2.99. The lowest BCUT2D eigenvalue weighted by atomic mass is 9.87. The predicted octanol–water partition coefficient (Wildman–Crippen LogP) is 3.61. The molecule has 1 aliphatic heterocycles. The van der Waals surface area contributed by atoms with Crippen molar-refractivity contribution < 1.29 is 19.4 Å². The Hall–Kier alpha value is -3.64. The first-order valence-electron chi connectivity index (χ1n) is 10.2. The molecule has 158 valence electrons. The second-order valence-corrected chi connectivity index (χ2v) is 7.46. The van der Waals surface area contributed by atoms with Crippen LogP contribution in [-0.2, 0) is 15.2 Å². The van der Waals surface area contributed by atoms with Gasteiger partial charge in [-0.25, -0.2) is 0 Å². The lowest BCUT2D eigenvalue weighted by Crippen LogP contribution is -2.44. The van der Waals surface area contributed by atoms with E-state index in [1.165, 1.54) is 4.90 Å². The van der Waals surface area contributed by atoms with Crippen LogP contribution in [0.5, 0.6) is 5.75 Å². The van der Waals surface area contributed by atoms with E-state index < -0.39 is 11.5 Å². The molecule has 2 amide bonds. The zero-order chi connectivity index (χ0) is 22.0. The maximum Gasteiger partial charge on any atom is 0.268 e. The minimum Gasteiger partial charge on any atom is -0.492 e.